The molecule has 0 aliphatic carbocycles. The van der Waals surface area contributed by atoms with Gasteiger partial charge in [-0.2, -0.15) is 0 Å². The first-order valence-electron chi connectivity index (χ1n) is 18.7. The Labute approximate surface area is 323 Å². The Morgan fingerprint density at radius 3 is 1.44 bits per heavy atom. The van der Waals surface area contributed by atoms with Crippen LogP contribution in [0.2, 0.25) is 0 Å². The first-order valence-corrected chi connectivity index (χ1v) is 18.7. The van der Waals surface area contributed by atoms with Gasteiger partial charge < -0.3 is 13.3 Å². The third kappa shape index (κ3) is 5.12. The van der Waals surface area contributed by atoms with E-state index < -0.39 is 0 Å². The van der Waals surface area contributed by atoms with Gasteiger partial charge in [-0.25, -0.2) is 24.9 Å². The van der Waals surface area contributed by atoms with E-state index in [1.54, 1.807) is 0 Å². The second-order valence-corrected chi connectivity index (χ2v) is 14.0. The maximum Gasteiger partial charge on any atom is 0.180 e. The second kappa shape index (κ2) is 12.3. The Morgan fingerprint density at radius 2 is 0.754 bits per heavy atom. The zero-order valence-corrected chi connectivity index (χ0v) is 30.0. The summed E-state index contributed by atoms with van der Waals surface area (Å²) in [5.41, 5.74) is 10.5. The van der Waals surface area contributed by atoms with Crippen molar-refractivity contribution in [3.63, 3.8) is 0 Å². The number of benzene rings is 7. The molecule has 0 saturated carbocycles. The van der Waals surface area contributed by atoms with E-state index >= 15 is 0 Å². The lowest BCUT2D eigenvalue weighted by Gasteiger charge is -2.08. The minimum absolute atomic E-state index is 0.561. The zero-order chi connectivity index (χ0) is 37.5. The Balaban J connectivity index is 0.989. The first-order chi connectivity index (χ1) is 28.2. The molecule has 266 valence electrons. The van der Waals surface area contributed by atoms with E-state index in [-0.39, 0.29) is 0 Å². The molecule has 0 radical (unpaired) electrons. The normalized spacial score (nSPS) is 11.9. The zero-order valence-electron chi connectivity index (χ0n) is 30.0. The molecule has 0 aliphatic heterocycles. The summed E-state index contributed by atoms with van der Waals surface area (Å²) in [5, 5.41) is 4.91. The van der Waals surface area contributed by atoms with Gasteiger partial charge in [0.1, 0.15) is 39.1 Å². The lowest BCUT2D eigenvalue weighted by Crippen LogP contribution is -2.00. The average molecular weight is 734 g/mol. The molecular weight excluding hydrogens is 707 g/mol. The molecule has 8 heteroatoms. The van der Waals surface area contributed by atoms with E-state index in [9.17, 15) is 0 Å². The van der Waals surface area contributed by atoms with Gasteiger partial charge in [-0.15, -0.1) is 0 Å². The summed E-state index contributed by atoms with van der Waals surface area (Å²) >= 11 is 0. The van der Waals surface area contributed by atoms with Gasteiger partial charge in [0.25, 0.3) is 0 Å². The number of para-hydroxylation sites is 2. The molecule has 57 heavy (non-hydrogen) atoms. The molecule has 0 atom stereocenters. The van der Waals surface area contributed by atoms with Crippen LogP contribution in [0.25, 0.3) is 123 Å². The maximum atomic E-state index is 6.48. The van der Waals surface area contributed by atoms with Gasteiger partial charge in [-0.05, 0) is 66.7 Å². The van der Waals surface area contributed by atoms with Crippen LogP contribution in [0.5, 0.6) is 0 Å². The fourth-order valence-electron chi connectivity index (χ4n) is 7.78. The minimum atomic E-state index is 0.561. The van der Waals surface area contributed by atoms with Crippen LogP contribution in [0.1, 0.15) is 0 Å². The molecule has 0 bridgehead atoms. The summed E-state index contributed by atoms with van der Waals surface area (Å²) < 4.78 is 18.9. The van der Waals surface area contributed by atoms with Crippen LogP contribution < -0.4 is 0 Å². The molecule has 0 fully saturated rings. The van der Waals surface area contributed by atoms with Crippen LogP contribution >= 0.6 is 0 Å². The second-order valence-electron chi connectivity index (χ2n) is 14.0. The third-order valence-corrected chi connectivity index (χ3v) is 10.6. The summed E-state index contributed by atoms with van der Waals surface area (Å²) in [7, 11) is 0. The topological polar surface area (TPSA) is 104 Å². The predicted octanol–water partition coefficient (Wildman–Crippen LogP) is 12.7. The monoisotopic (exact) mass is 733 g/mol. The van der Waals surface area contributed by atoms with Crippen LogP contribution in [0, 0.1) is 0 Å². The Hall–Kier alpha value is -7.97. The standard InChI is InChI=1S/C49H27N5O3/c1-3-11-28(12-4-1)43-45-44(35-16-8-10-18-39(35)57-45)51-47(50-43)32-19-22-34-37-26-31(21-24-41(37)56-42(34)27-32)49-53-46(29-13-5-2-6-14-29)52-48(54-49)30-20-23-40-36(25-30)33-15-7-9-17-38(33)55-40/h1-27H. The minimum Gasteiger partial charge on any atom is -0.456 e. The van der Waals surface area contributed by atoms with Crippen molar-refractivity contribution in [3.05, 3.63) is 164 Å². The fourth-order valence-corrected chi connectivity index (χ4v) is 7.78. The van der Waals surface area contributed by atoms with Crippen molar-refractivity contribution < 1.29 is 13.3 Å². The molecule has 0 amide bonds. The van der Waals surface area contributed by atoms with E-state index in [4.69, 9.17) is 38.2 Å². The number of hydrogen-bond acceptors (Lipinski definition) is 8. The number of rotatable bonds is 5. The molecule has 12 rings (SSSR count). The summed E-state index contributed by atoms with van der Waals surface area (Å²) in [6.45, 7) is 0. The maximum absolute atomic E-state index is 6.48. The number of nitrogens with zero attached hydrogens (tertiary/aromatic N) is 5. The van der Waals surface area contributed by atoms with E-state index in [0.717, 1.165) is 93.9 Å². The van der Waals surface area contributed by atoms with Crippen LogP contribution in [0.15, 0.2) is 177 Å². The molecule has 0 N–H and O–H groups in total. The molecule has 0 saturated heterocycles. The smallest absolute Gasteiger partial charge is 0.180 e. The van der Waals surface area contributed by atoms with Crippen molar-refractivity contribution in [2.45, 2.75) is 0 Å². The van der Waals surface area contributed by atoms with Gasteiger partial charge in [-0.3, -0.25) is 0 Å². The quantitative estimate of drug-likeness (QED) is 0.172. The van der Waals surface area contributed by atoms with Crippen molar-refractivity contribution in [1.82, 2.24) is 24.9 Å². The predicted molar refractivity (Wildman–Crippen MR) is 224 cm³/mol. The van der Waals surface area contributed by atoms with E-state index in [1.807, 2.05) is 140 Å². The van der Waals surface area contributed by atoms with Crippen molar-refractivity contribution in [2.75, 3.05) is 0 Å². The number of furan rings is 3. The highest BCUT2D eigenvalue weighted by molar-refractivity contribution is 6.09. The molecule has 5 heterocycles. The van der Waals surface area contributed by atoms with Crippen LogP contribution in [-0.2, 0) is 0 Å². The number of aromatic nitrogens is 5. The molecular formula is C49H27N5O3. The summed E-state index contributed by atoms with van der Waals surface area (Å²) in [5.74, 6) is 2.31. The molecule has 8 nitrogen and oxygen atoms in total. The summed E-state index contributed by atoms with van der Waals surface area (Å²) in [6.07, 6.45) is 0. The van der Waals surface area contributed by atoms with Gasteiger partial charge in [0.05, 0.1) is 0 Å². The van der Waals surface area contributed by atoms with Gasteiger partial charge >= 0.3 is 0 Å². The van der Waals surface area contributed by atoms with Gasteiger partial charge in [0.15, 0.2) is 28.9 Å². The van der Waals surface area contributed by atoms with E-state index in [2.05, 4.69) is 24.3 Å². The third-order valence-electron chi connectivity index (χ3n) is 10.6. The highest BCUT2D eigenvalue weighted by Gasteiger charge is 2.20. The Morgan fingerprint density at radius 1 is 0.281 bits per heavy atom. The SMILES string of the molecule is c1ccc(-c2nc(-c3ccc4oc5ccccc5c4c3)nc(-c3ccc4oc5cc(-c6nc(-c7ccccc7)c7oc8ccccc8c7n6)ccc5c4c3)n2)cc1. The highest BCUT2D eigenvalue weighted by Crippen LogP contribution is 2.39. The molecule has 0 spiro atoms. The van der Waals surface area contributed by atoms with Crippen LogP contribution in [0.4, 0.5) is 0 Å². The lowest BCUT2D eigenvalue weighted by molar-refractivity contribution is 0.667. The van der Waals surface area contributed by atoms with Gasteiger partial charge in [0.2, 0.25) is 0 Å². The largest absolute Gasteiger partial charge is 0.456 e. The summed E-state index contributed by atoms with van der Waals surface area (Å²) in [6, 6.07) is 54.4. The van der Waals surface area contributed by atoms with Gasteiger partial charge in [0, 0.05) is 54.7 Å². The van der Waals surface area contributed by atoms with Crippen LogP contribution in [-0.4, -0.2) is 24.9 Å². The number of hydrogen-bond donors (Lipinski definition) is 0. The van der Waals surface area contributed by atoms with E-state index in [1.165, 1.54) is 0 Å². The summed E-state index contributed by atoms with van der Waals surface area (Å²) in [4.78, 5) is 25.2. The van der Waals surface area contributed by atoms with Crippen molar-refractivity contribution >= 4 is 65.9 Å². The van der Waals surface area contributed by atoms with Crippen LogP contribution in [0.3, 0.4) is 0 Å². The molecule has 7 aromatic carbocycles. The molecule has 0 aliphatic rings. The number of fused-ring (bicyclic) bond motifs is 9. The Bertz CT molecular complexity index is 3530. The van der Waals surface area contributed by atoms with Crippen molar-refractivity contribution in [3.8, 4) is 56.8 Å². The van der Waals surface area contributed by atoms with E-state index in [0.29, 0.717) is 28.9 Å². The Kier molecular flexibility index (Phi) is 6.76. The van der Waals surface area contributed by atoms with Gasteiger partial charge in [-0.1, -0.05) is 97.1 Å². The molecule has 5 aromatic heterocycles. The van der Waals surface area contributed by atoms with Crippen molar-refractivity contribution in [1.29, 1.82) is 0 Å². The molecule has 12 aromatic rings. The highest BCUT2D eigenvalue weighted by atomic mass is 16.3. The lowest BCUT2D eigenvalue weighted by atomic mass is 10.1. The first kappa shape index (κ1) is 31.4. The van der Waals surface area contributed by atoms with Crippen molar-refractivity contribution in [2.24, 2.45) is 0 Å². The fraction of sp³-hybridized carbons (Fsp3) is 0. The molecule has 0 unspecified atom stereocenters. The average Bonchev–Trinajstić information content (AvgIpc) is 3.97.